The van der Waals surface area contributed by atoms with Gasteiger partial charge >= 0.3 is 5.97 Å². The first-order chi connectivity index (χ1) is 7.19. The zero-order chi connectivity index (χ0) is 11.3. The van der Waals surface area contributed by atoms with E-state index >= 15 is 0 Å². The fraction of sp³-hybridized carbons (Fsp3) is 0.556. The molecule has 1 rings (SSSR count). The van der Waals surface area contributed by atoms with Gasteiger partial charge < -0.3 is 15.2 Å². The molecule has 2 N–H and O–H groups in total. The molecule has 0 atom stereocenters. The summed E-state index contributed by atoms with van der Waals surface area (Å²) in [6.07, 6.45) is 1.59. The van der Waals surface area contributed by atoms with Crippen molar-refractivity contribution in [2.45, 2.75) is 13.5 Å². The number of rotatable bonds is 5. The summed E-state index contributed by atoms with van der Waals surface area (Å²) in [6.45, 7) is 3.67. The van der Waals surface area contributed by atoms with Crippen molar-refractivity contribution in [3.63, 3.8) is 0 Å². The van der Waals surface area contributed by atoms with Crippen molar-refractivity contribution in [3.05, 3.63) is 11.9 Å². The Bertz CT molecular complexity index is 335. The average molecular weight is 213 g/mol. The second-order valence-electron chi connectivity index (χ2n) is 2.88. The summed E-state index contributed by atoms with van der Waals surface area (Å²) < 4.78 is 11.3. The smallest absolute Gasteiger partial charge is 0.360 e. The van der Waals surface area contributed by atoms with Gasteiger partial charge in [-0.25, -0.2) is 4.79 Å². The van der Waals surface area contributed by atoms with Crippen LogP contribution < -0.4 is 5.73 Å². The molecular formula is C9H15N3O3. The molecule has 0 aromatic carbocycles. The topological polar surface area (TPSA) is 79.4 Å². The molecular weight excluding hydrogens is 198 g/mol. The summed E-state index contributed by atoms with van der Waals surface area (Å²) in [6, 6.07) is 0. The number of nitrogens with two attached hydrogens (primary N) is 1. The Kier molecular flexibility index (Phi) is 4.11. The molecule has 84 valence electrons. The second-order valence-corrected chi connectivity index (χ2v) is 2.88. The number of aromatic nitrogens is 2. The number of nitrogens with zero attached hydrogens (tertiary/aromatic N) is 2. The Balaban J connectivity index is 2.64. The fourth-order valence-electron chi connectivity index (χ4n) is 1.11. The van der Waals surface area contributed by atoms with Crippen molar-refractivity contribution in [2.24, 2.45) is 0 Å². The molecule has 6 heteroatoms. The third kappa shape index (κ3) is 2.95. The van der Waals surface area contributed by atoms with Crippen molar-refractivity contribution in [1.82, 2.24) is 9.78 Å². The largest absolute Gasteiger partial charge is 0.464 e. The molecule has 0 bridgehead atoms. The highest BCUT2D eigenvalue weighted by Gasteiger charge is 2.14. The molecule has 0 saturated heterocycles. The predicted molar refractivity (Wildman–Crippen MR) is 54.5 cm³/mol. The van der Waals surface area contributed by atoms with Crippen LogP contribution >= 0.6 is 0 Å². The van der Waals surface area contributed by atoms with Gasteiger partial charge in [-0.15, -0.1) is 0 Å². The van der Waals surface area contributed by atoms with Crippen LogP contribution in [-0.2, 0) is 16.0 Å². The molecule has 0 aliphatic carbocycles. The third-order valence-electron chi connectivity index (χ3n) is 1.84. The lowest BCUT2D eigenvalue weighted by Crippen LogP contribution is -2.09. The van der Waals surface area contributed by atoms with Crippen LogP contribution in [0.5, 0.6) is 0 Å². The summed E-state index contributed by atoms with van der Waals surface area (Å²) in [5.74, 6) is -0.525. The highest BCUT2D eigenvalue weighted by molar-refractivity contribution is 5.92. The highest BCUT2D eigenvalue weighted by Crippen LogP contribution is 2.09. The molecule has 0 fully saturated rings. The molecule has 0 radical (unpaired) electrons. The Labute approximate surface area is 88.0 Å². The molecule has 0 aliphatic rings. The van der Waals surface area contributed by atoms with E-state index in [-0.39, 0.29) is 5.69 Å². The first kappa shape index (κ1) is 11.5. The molecule has 0 saturated carbocycles. The maximum absolute atomic E-state index is 11.2. The van der Waals surface area contributed by atoms with E-state index in [1.165, 1.54) is 7.11 Å². The molecule has 0 spiro atoms. The lowest BCUT2D eigenvalue weighted by Gasteiger charge is -2.00. The van der Waals surface area contributed by atoms with Crippen LogP contribution in [0.3, 0.4) is 0 Å². The van der Waals surface area contributed by atoms with Gasteiger partial charge in [-0.05, 0) is 6.92 Å². The first-order valence-electron chi connectivity index (χ1n) is 4.68. The van der Waals surface area contributed by atoms with Crippen LogP contribution in [0.1, 0.15) is 17.4 Å². The van der Waals surface area contributed by atoms with E-state index in [9.17, 15) is 4.79 Å². The lowest BCUT2D eigenvalue weighted by molar-refractivity contribution is 0.0593. The van der Waals surface area contributed by atoms with Crippen molar-refractivity contribution in [1.29, 1.82) is 0 Å². The van der Waals surface area contributed by atoms with E-state index in [1.807, 2.05) is 6.92 Å². The minimum Gasteiger partial charge on any atom is -0.464 e. The van der Waals surface area contributed by atoms with Gasteiger partial charge in [0.05, 0.1) is 25.9 Å². The van der Waals surface area contributed by atoms with Crippen molar-refractivity contribution < 1.29 is 14.3 Å². The van der Waals surface area contributed by atoms with Crippen LogP contribution in [-0.4, -0.2) is 36.1 Å². The number of esters is 1. The van der Waals surface area contributed by atoms with Gasteiger partial charge in [0.2, 0.25) is 0 Å². The second kappa shape index (κ2) is 5.35. The quantitative estimate of drug-likeness (QED) is 0.561. The van der Waals surface area contributed by atoms with Crippen LogP contribution in [0.2, 0.25) is 0 Å². The molecule has 0 amide bonds. The number of hydrogen-bond donors (Lipinski definition) is 1. The van der Waals surface area contributed by atoms with E-state index in [2.05, 4.69) is 9.84 Å². The SMILES string of the molecule is CCOCCn1cc(N)c(C(=O)OC)n1. The maximum atomic E-state index is 11.2. The maximum Gasteiger partial charge on any atom is 0.360 e. The number of carbonyl (C=O) groups is 1. The zero-order valence-electron chi connectivity index (χ0n) is 8.90. The van der Waals surface area contributed by atoms with E-state index in [1.54, 1.807) is 10.9 Å². The molecule has 6 nitrogen and oxygen atoms in total. The standard InChI is InChI=1S/C9H15N3O3/c1-3-15-5-4-12-6-7(10)8(11-12)9(13)14-2/h6H,3-5,10H2,1-2H3. The minimum absolute atomic E-state index is 0.147. The highest BCUT2D eigenvalue weighted by atomic mass is 16.5. The Morgan fingerprint density at radius 2 is 2.40 bits per heavy atom. The Morgan fingerprint density at radius 1 is 1.67 bits per heavy atom. The lowest BCUT2D eigenvalue weighted by atomic mass is 10.4. The first-order valence-corrected chi connectivity index (χ1v) is 4.68. The van der Waals surface area contributed by atoms with Crippen LogP contribution in [0.15, 0.2) is 6.20 Å². The molecule has 15 heavy (non-hydrogen) atoms. The molecule has 0 aliphatic heterocycles. The Morgan fingerprint density at radius 3 is 3.00 bits per heavy atom. The van der Waals surface area contributed by atoms with E-state index in [4.69, 9.17) is 10.5 Å². The van der Waals surface area contributed by atoms with Gasteiger partial charge in [-0.3, -0.25) is 4.68 Å². The van der Waals surface area contributed by atoms with Gasteiger partial charge in [0.15, 0.2) is 5.69 Å². The van der Waals surface area contributed by atoms with E-state index in [0.717, 1.165) is 0 Å². The number of hydrogen-bond acceptors (Lipinski definition) is 5. The number of ether oxygens (including phenoxy) is 2. The van der Waals surface area contributed by atoms with Crippen molar-refractivity contribution in [3.8, 4) is 0 Å². The normalized spacial score (nSPS) is 10.3. The molecule has 0 unspecified atom stereocenters. The summed E-state index contributed by atoms with van der Waals surface area (Å²) >= 11 is 0. The average Bonchev–Trinajstić information content (AvgIpc) is 2.59. The number of anilines is 1. The number of methoxy groups -OCH3 is 1. The van der Waals surface area contributed by atoms with Crippen LogP contribution in [0.4, 0.5) is 5.69 Å². The van der Waals surface area contributed by atoms with Gasteiger partial charge in [-0.2, -0.15) is 5.10 Å². The van der Waals surface area contributed by atoms with Gasteiger partial charge in [-0.1, -0.05) is 0 Å². The van der Waals surface area contributed by atoms with E-state index in [0.29, 0.717) is 25.4 Å². The van der Waals surface area contributed by atoms with Gasteiger partial charge in [0.25, 0.3) is 0 Å². The Hall–Kier alpha value is -1.56. The fourth-order valence-corrected chi connectivity index (χ4v) is 1.11. The molecule has 1 heterocycles. The number of carbonyl (C=O) groups excluding carboxylic acids is 1. The van der Waals surface area contributed by atoms with E-state index < -0.39 is 5.97 Å². The summed E-state index contributed by atoms with van der Waals surface area (Å²) in [4.78, 5) is 11.2. The minimum atomic E-state index is -0.525. The summed E-state index contributed by atoms with van der Waals surface area (Å²) in [5.41, 5.74) is 6.06. The zero-order valence-corrected chi connectivity index (χ0v) is 8.90. The number of nitrogen functional groups attached to an aromatic ring is 1. The summed E-state index contributed by atoms with van der Waals surface area (Å²) in [5, 5.41) is 3.99. The van der Waals surface area contributed by atoms with Gasteiger partial charge in [0, 0.05) is 12.8 Å². The van der Waals surface area contributed by atoms with Crippen molar-refractivity contribution in [2.75, 3.05) is 26.1 Å². The summed E-state index contributed by atoms with van der Waals surface area (Å²) in [7, 11) is 1.29. The van der Waals surface area contributed by atoms with Gasteiger partial charge in [0.1, 0.15) is 0 Å². The van der Waals surface area contributed by atoms with Crippen LogP contribution in [0, 0.1) is 0 Å². The predicted octanol–water partition coefficient (Wildman–Crippen LogP) is 0.288. The molecule has 1 aromatic heterocycles. The van der Waals surface area contributed by atoms with Crippen molar-refractivity contribution >= 4 is 11.7 Å². The third-order valence-corrected chi connectivity index (χ3v) is 1.84. The monoisotopic (exact) mass is 213 g/mol. The molecule has 1 aromatic rings. The van der Waals surface area contributed by atoms with Crippen LogP contribution in [0.25, 0.3) is 0 Å².